The van der Waals surface area contributed by atoms with E-state index in [0.29, 0.717) is 22.2 Å². The standard InChI is InChI=1S/C22H16ClN3O2.ClH/c1-28-22(27)15-8-12-17(13-9-15)24-21-18-4-2-3-5-19(18)25-20(26-21)14-6-10-16(23)11-7-14;/h2-13H,1H3,(H,24,25,26);1H/p-1. The van der Waals surface area contributed by atoms with Crippen molar-refractivity contribution in [3.05, 3.63) is 83.4 Å². The fourth-order valence-electron chi connectivity index (χ4n) is 2.84. The highest BCUT2D eigenvalue weighted by Gasteiger charge is 2.10. The average Bonchev–Trinajstić information content (AvgIpc) is 2.74. The molecule has 0 unspecified atom stereocenters. The van der Waals surface area contributed by atoms with E-state index < -0.39 is 0 Å². The van der Waals surface area contributed by atoms with Crippen LogP contribution in [0.2, 0.25) is 5.02 Å². The van der Waals surface area contributed by atoms with Gasteiger partial charge in [0, 0.05) is 21.7 Å². The van der Waals surface area contributed by atoms with Gasteiger partial charge in [0.1, 0.15) is 5.82 Å². The fraction of sp³-hybridized carbons (Fsp3) is 0.0455. The number of fused-ring (bicyclic) bond motifs is 1. The van der Waals surface area contributed by atoms with E-state index in [1.807, 2.05) is 60.7 Å². The Kier molecular flexibility index (Phi) is 6.32. The largest absolute Gasteiger partial charge is 1.00 e. The molecule has 146 valence electrons. The van der Waals surface area contributed by atoms with Crippen LogP contribution in [-0.4, -0.2) is 23.0 Å². The third-order valence-electron chi connectivity index (χ3n) is 4.27. The number of methoxy groups -OCH3 is 1. The van der Waals surface area contributed by atoms with Gasteiger partial charge in [-0.05, 0) is 60.7 Å². The molecule has 0 radical (unpaired) electrons. The minimum absolute atomic E-state index is 0. The Morgan fingerprint density at radius 3 is 2.31 bits per heavy atom. The quantitative estimate of drug-likeness (QED) is 0.509. The summed E-state index contributed by atoms with van der Waals surface area (Å²) in [5, 5.41) is 4.88. The SMILES string of the molecule is COC(=O)c1ccc(Nc2nc(-c3ccc(Cl)cc3)nc3ccccc23)cc1.[Cl-]. The third-order valence-corrected chi connectivity index (χ3v) is 4.53. The number of nitrogens with zero attached hydrogens (tertiary/aromatic N) is 2. The Hall–Kier alpha value is -3.15. The number of rotatable bonds is 4. The first kappa shape index (κ1) is 20.6. The second kappa shape index (κ2) is 8.90. The van der Waals surface area contributed by atoms with Crippen LogP contribution in [0.15, 0.2) is 72.8 Å². The Balaban J connectivity index is 0.00000240. The van der Waals surface area contributed by atoms with Crippen LogP contribution in [0.3, 0.4) is 0 Å². The highest BCUT2D eigenvalue weighted by Crippen LogP contribution is 2.28. The number of halogens is 2. The number of anilines is 2. The first-order valence-electron chi connectivity index (χ1n) is 8.62. The van der Waals surface area contributed by atoms with Gasteiger partial charge in [0.25, 0.3) is 0 Å². The minimum atomic E-state index is -0.371. The van der Waals surface area contributed by atoms with E-state index in [-0.39, 0.29) is 18.4 Å². The van der Waals surface area contributed by atoms with E-state index in [1.54, 1.807) is 12.1 Å². The van der Waals surface area contributed by atoms with Crippen LogP contribution in [0, 0.1) is 0 Å². The summed E-state index contributed by atoms with van der Waals surface area (Å²) < 4.78 is 4.74. The molecule has 1 N–H and O–H groups in total. The van der Waals surface area contributed by atoms with Crippen molar-refractivity contribution in [1.82, 2.24) is 9.97 Å². The molecule has 0 spiro atoms. The molecule has 4 aromatic rings. The van der Waals surface area contributed by atoms with Crippen molar-refractivity contribution in [2.24, 2.45) is 0 Å². The van der Waals surface area contributed by atoms with Crippen LogP contribution in [0.25, 0.3) is 22.3 Å². The Morgan fingerprint density at radius 2 is 1.62 bits per heavy atom. The lowest BCUT2D eigenvalue weighted by Gasteiger charge is -2.11. The predicted molar refractivity (Wildman–Crippen MR) is 111 cm³/mol. The third kappa shape index (κ3) is 4.47. The first-order chi connectivity index (χ1) is 13.6. The summed E-state index contributed by atoms with van der Waals surface area (Å²) in [6, 6.07) is 22.2. The fourth-order valence-corrected chi connectivity index (χ4v) is 2.97. The second-order valence-electron chi connectivity index (χ2n) is 6.11. The number of ether oxygens (including phenoxy) is 1. The second-order valence-corrected chi connectivity index (χ2v) is 6.55. The Morgan fingerprint density at radius 1 is 0.931 bits per heavy atom. The summed E-state index contributed by atoms with van der Waals surface area (Å²) in [4.78, 5) is 21.0. The van der Waals surface area contributed by atoms with Gasteiger partial charge in [-0.2, -0.15) is 0 Å². The van der Waals surface area contributed by atoms with Crippen molar-refractivity contribution in [3.8, 4) is 11.4 Å². The van der Waals surface area contributed by atoms with E-state index in [1.165, 1.54) is 7.11 Å². The van der Waals surface area contributed by atoms with E-state index in [4.69, 9.17) is 21.3 Å². The molecule has 1 heterocycles. The molecule has 0 fully saturated rings. The van der Waals surface area contributed by atoms with Gasteiger partial charge in [0.2, 0.25) is 0 Å². The number of aromatic nitrogens is 2. The van der Waals surface area contributed by atoms with E-state index in [9.17, 15) is 4.79 Å². The summed E-state index contributed by atoms with van der Waals surface area (Å²) in [6.07, 6.45) is 0. The number of nitrogens with one attached hydrogen (secondary N) is 1. The normalized spacial score (nSPS) is 10.3. The number of esters is 1. The van der Waals surface area contributed by atoms with E-state index in [2.05, 4.69) is 10.3 Å². The molecule has 5 nitrogen and oxygen atoms in total. The Labute approximate surface area is 179 Å². The predicted octanol–water partition coefficient (Wildman–Crippen LogP) is 2.48. The number of carbonyl (C=O) groups excluding carboxylic acids is 1. The molecule has 1 aromatic heterocycles. The lowest BCUT2D eigenvalue weighted by Crippen LogP contribution is -3.00. The van der Waals surface area contributed by atoms with Gasteiger partial charge in [0.05, 0.1) is 18.2 Å². The molecule has 0 atom stereocenters. The maximum absolute atomic E-state index is 11.6. The molecule has 0 amide bonds. The van der Waals surface area contributed by atoms with Crippen LogP contribution in [0.1, 0.15) is 10.4 Å². The van der Waals surface area contributed by atoms with Crippen LogP contribution in [-0.2, 0) is 4.74 Å². The zero-order chi connectivity index (χ0) is 19.5. The zero-order valence-electron chi connectivity index (χ0n) is 15.4. The van der Waals surface area contributed by atoms with Crippen molar-refractivity contribution in [1.29, 1.82) is 0 Å². The van der Waals surface area contributed by atoms with Crippen LogP contribution in [0.5, 0.6) is 0 Å². The molecule has 0 saturated heterocycles. The van der Waals surface area contributed by atoms with Crippen molar-refractivity contribution < 1.29 is 21.9 Å². The maximum Gasteiger partial charge on any atom is 0.337 e. The molecule has 0 aliphatic carbocycles. The number of para-hydroxylation sites is 1. The van der Waals surface area contributed by atoms with Gasteiger partial charge in [-0.3, -0.25) is 0 Å². The molecule has 4 rings (SSSR count). The van der Waals surface area contributed by atoms with Crippen LogP contribution < -0.4 is 17.7 Å². The number of benzene rings is 3. The van der Waals surface area contributed by atoms with E-state index >= 15 is 0 Å². The van der Waals surface area contributed by atoms with Gasteiger partial charge in [-0.1, -0.05) is 23.7 Å². The Bertz CT molecular complexity index is 1150. The molecular weight excluding hydrogens is 409 g/mol. The molecular formula is C22H16Cl2N3O2-. The number of carbonyl (C=O) groups is 1. The lowest BCUT2D eigenvalue weighted by atomic mass is 10.1. The highest BCUT2D eigenvalue weighted by atomic mass is 35.5. The first-order valence-corrected chi connectivity index (χ1v) is 9.00. The monoisotopic (exact) mass is 424 g/mol. The summed E-state index contributed by atoms with van der Waals surface area (Å²) in [5.74, 6) is 0.912. The van der Waals surface area contributed by atoms with E-state index in [0.717, 1.165) is 22.2 Å². The summed E-state index contributed by atoms with van der Waals surface area (Å²) >= 11 is 5.99. The average molecular weight is 425 g/mol. The van der Waals surface area contributed by atoms with Crippen molar-refractivity contribution in [3.63, 3.8) is 0 Å². The van der Waals surface area contributed by atoms with Gasteiger partial charge in [-0.15, -0.1) is 0 Å². The van der Waals surface area contributed by atoms with Crippen molar-refractivity contribution in [2.45, 2.75) is 0 Å². The van der Waals surface area contributed by atoms with Gasteiger partial charge >= 0.3 is 5.97 Å². The summed E-state index contributed by atoms with van der Waals surface area (Å²) in [7, 11) is 1.36. The molecule has 0 saturated carbocycles. The van der Waals surface area contributed by atoms with Crippen molar-refractivity contribution in [2.75, 3.05) is 12.4 Å². The molecule has 0 bridgehead atoms. The molecule has 0 aliphatic heterocycles. The van der Waals surface area contributed by atoms with Crippen LogP contribution >= 0.6 is 11.6 Å². The summed E-state index contributed by atoms with van der Waals surface area (Å²) in [6.45, 7) is 0. The zero-order valence-corrected chi connectivity index (χ0v) is 16.9. The van der Waals surface area contributed by atoms with Crippen LogP contribution in [0.4, 0.5) is 11.5 Å². The topological polar surface area (TPSA) is 64.1 Å². The molecule has 3 aromatic carbocycles. The molecule has 0 aliphatic rings. The lowest BCUT2D eigenvalue weighted by molar-refractivity contribution is -0.0000201. The number of hydrogen-bond donors (Lipinski definition) is 1. The number of hydrogen-bond acceptors (Lipinski definition) is 5. The highest BCUT2D eigenvalue weighted by molar-refractivity contribution is 6.30. The van der Waals surface area contributed by atoms with Gasteiger partial charge in [0.15, 0.2) is 5.82 Å². The van der Waals surface area contributed by atoms with Gasteiger partial charge in [-0.25, -0.2) is 14.8 Å². The molecule has 7 heteroatoms. The van der Waals surface area contributed by atoms with Gasteiger partial charge < -0.3 is 22.5 Å². The molecule has 29 heavy (non-hydrogen) atoms. The minimum Gasteiger partial charge on any atom is -1.00 e. The van der Waals surface area contributed by atoms with Crippen molar-refractivity contribution >= 4 is 40.0 Å². The smallest absolute Gasteiger partial charge is 0.337 e. The maximum atomic E-state index is 11.6. The summed E-state index contributed by atoms with van der Waals surface area (Å²) in [5.41, 5.74) is 3.00.